The van der Waals surface area contributed by atoms with Gasteiger partial charge in [-0.1, -0.05) is 23.2 Å². The zero-order valence-electron chi connectivity index (χ0n) is 12.8. The maximum atomic E-state index is 12.5. The standard InChI is InChI=1S/C15H14Cl2N2O4S/c1-9(20)18-13-5-4-11(8-12(13)17)19-24(21,22)15-7-10(16)3-6-14(15)23-2/h3-8,19H,1-2H3,(H,18,20). The number of carbonyl (C=O) groups is 1. The largest absolute Gasteiger partial charge is 0.495 e. The van der Waals surface area contributed by atoms with Crippen LogP contribution in [0.1, 0.15) is 6.92 Å². The van der Waals surface area contributed by atoms with E-state index in [9.17, 15) is 13.2 Å². The number of carbonyl (C=O) groups excluding carboxylic acids is 1. The Bertz CT molecular complexity index is 885. The molecule has 0 fully saturated rings. The summed E-state index contributed by atoms with van der Waals surface area (Å²) in [4.78, 5) is 11.0. The van der Waals surface area contributed by atoms with Crippen molar-refractivity contribution in [1.29, 1.82) is 0 Å². The van der Waals surface area contributed by atoms with E-state index in [4.69, 9.17) is 27.9 Å². The van der Waals surface area contributed by atoms with Gasteiger partial charge in [-0.25, -0.2) is 8.42 Å². The van der Waals surface area contributed by atoms with Crippen LogP contribution >= 0.6 is 23.2 Å². The summed E-state index contributed by atoms with van der Waals surface area (Å²) in [7, 11) is -2.57. The molecular formula is C15H14Cl2N2O4S. The third-order valence-electron chi connectivity index (χ3n) is 2.95. The highest BCUT2D eigenvalue weighted by Gasteiger charge is 2.20. The minimum atomic E-state index is -3.94. The normalized spacial score (nSPS) is 11.0. The molecule has 0 saturated carbocycles. The van der Waals surface area contributed by atoms with E-state index in [1.165, 1.54) is 50.4 Å². The average molecular weight is 389 g/mol. The number of rotatable bonds is 5. The lowest BCUT2D eigenvalue weighted by atomic mass is 10.3. The third kappa shape index (κ3) is 4.31. The van der Waals surface area contributed by atoms with Gasteiger partial charge in [0.2, 0.25) is 5.91 Å². The summed E-state index contributed by atoms with van der Waals surface area (Å²) < 4.78 is 32.5. The molecule has 0 spiro atoms. The lowest BCUT2D eigenvalue weighted by Crippen LogP contribution is -2.14. The number of anilines is 2. The summed E-state index contributed by atoms with van der Waals surface area (Å²) in [5.74, 6) is -0.123. The zero-order valence-corrected chi connectivity index (χ0v) is 15.1. The molecule has 0 bridgehead atoms. The summed E-state index contributed by atoms with van der Waals surface area (Å²) in [6.07, 6.45) is 0. The maximum Gasteiger partial charge on any atom is 0.265 e. The van der Waals surface area contributed by atoms with Crippen LogP contribution in [0, 0.1) is 0 Å². The van der Waals surface area contributed by atoms with E-state index >= 15 is 0 Å². The molecule has 9 heteroatoms. The number of ether oxygens (including phenoxy) is 1. The Morgan fingerprint density at radius 1 is 1.12 bits per heavy atom. The Morgan fingerprint density at radius 2 is 1.83 bits per heavy atom. The molecule has 0 aliphatic rings. The highest BCUT2D eigenvalue weighted by Crippen LogP contribution is 2.31. The Morgan fingerprint density at radius 3 is 2.42 bits per heavy atom. The fraction of sp³-hybridized carbons (Fsp3) is 0.133. The third-order valence-corrected chi connectivity index (χ3v) is 4.90. The van der Waals surface area contributed by atoms with Crippen LogP contribution in [0.2, 0.25) is 10.0 Å². The molecule has 0 aliphatic heterocycles. The van der Waals surface area contributed by atoms with Gasteiger partial charge in [0.25, 0.3) is 10.0 Å². The van der Waals surface area contributed by atoms with E-state index in [1.54, 1.807) is 0 Å². The molecule has 2 aromatic rings. The molecule has 6 nitrogen and oxygen atoms in total. The van der Waals surface area contributed by atoms with Crippen LogP contribution in [0.5, 0.6) is 5.75 Å². The predicted molar refractivity (Wildman–Crippen MR) is 94.6 cm³/mol. The van der Waals surface area contributed by atoms with E-state index in [-0.39, 0.29) is 32.3 Å². The van der Waals surface area contributed by atoms with Gasteiger partial charge in [-0.15, -0.1) is 0 Å². The van der Waals surface area contributed by atoms with E-state index in [0.717, 1.165) is 0 Å². The number of sulfonamides is 1. The SMILES string of the molecule is COc1ccc(Cl)cc1S(=O)(=O)Nc1ccc(NC(C)=O)c(Cl)c1. The van der Waals surface area contributed by atoms with Gasteiger partial charge in [0.1, 0.15) is 10.6 Å². The minimum absolute atomic E-state index is 0.0976. The first-order valence-corrected chi connectivity index (χ1v) is 8.90. The highest BCUT2D eigenvalue weighted by molar-refractivity contribution is 7.92. The molecule has 0 heterocycles. The van der Waals surface area contributed by atoms with E-state index in [2.05, 4.69) is 10.0 Å². The monoisotopic (exact) mass is 388 g/mol. The molecule has 0 radical (unpaired) electrons. The van der Waals surface area contributed by atoms with Crippen molar-refractivity contribution in [2.24, 2.45) is 0 Å². The van der Waals surface area contributed by atoms with Crippen molar-refractivity contribution in [1.82, 2.24) is 0 Å². The van der Waals surface area contributed by atoms with Crippen LogP contribution in [0.3, 0.4) is 0 Å². The second-order valence-corrected chi connectivity index (χ2v) is 7.27. The molecule has 0 unspecified atom stereocenters. The van der Waals surface area contributed by atoms with Gasteiger partial charge in [-0.3, -0.25) is 9.52 Å². The van der Waals surface area contributed by atoms with E-state index < -0.39 is 10.0 Å². The second-order valence-electron chi connectivity index (χ2n) is 4.78. The molecule has 2 N–H and O–H groups in total. The van der Waals surface area contributed by atoms with Gasteiger partial charge in [0, 0.05) is 11.9 Å². The highest BCUT2D eigenvalue weighted by atomic mass is 35.5. The van der Waals surface area contributed by atoms with Crippen LogP contribution in [0.25, 0.3) is 0 Å². The molecule has 128 valence electrons. The first-order valence-electron chi connectivity index (χ1n) is 6.66. The van der Waals surface area contributed by atoms with E-state index in [0.29, 0.717) is 5.69 Å². The zero-order chi connectivity index (χ0) is 17.9. The summed E-state index contributed by atoms with van der Waals surface area (Å²) in [5.41, 5.74) is 0.614. The number of hydrogen-bond acceptors (Lipinski definition) is 4. The van der Waals surface area contributed by atoms with Crippen molar-refractivity contribution >= 4 is 50.5 Å². The molecule has 0 aliphatic carbocycles. The number of nitrogens with one attached hydrogen (secondary N) is 2. The van der Waals surface area contributed by atoms with Crippen molar-refractivity contribution in [2.75, 3.05) is 17.1 Å². The van der Waals surface area contributed by atoms with Gasteiger partial charge in [-0.2, -0.15) is 0 Å². The van der Waals surface area contributed by atoms with Crippen molar-refractivity contribution in [3.63, 3.8) is 0 Å². The summed E-state index contributed by atoms with van der Waals surface area (Å²) in [5, 5.41) is 2.99. The number of methoxy groups -OCH3 is 1. The van der Waals surface area contributed by atoms with Crippen LogP contribution in [0.4, 0.5) is 11.4 Å². The number of amides is 1. The fourth-order valence-electron chi connectivity index (χ4n) is 1.94. The molecule has 2 rings (SSSR count). The first kappa shape index (κ1) is 18.4. The lowest BCUT2D eigenvalue weighted by Gasteiger charge is -2.13. The average Bonchev–Trinajstić information content (AvgIpc) is 2.49. The molecule has 0 aromatic heterocycles. The molecule has 2 aromatic carbocycles. The van der Waals surface area contributed by atoms with Crippen molar-refractivity contribution in [2.45, 2.75) is 11.8 Å². The van der Waals surface area contributed by atoms with Gasteiger partial charge in [0.05, 0.1) is 23.5 Å². The van der Waals surface area contributed by atoms with Crippen LogP contribution in [0.15, 0.2) is 41.3 Å². The first-order chi connectivity index (χ1) is 11.2. The summed E-state index contributed by atoms with van der Waals surface area (Å²) >= 11 is 11.9. The molecular weight excluding hydrogens is 375 g/mol. The van der Waals surface area contributed by atoms with Crippen LogP contribution < -0.4 is 14.8 Å². The Balaban J connectivity index is 2.35. The minimum Gasteiger partial charge on any atom is -0.495 e. The fourth-order valence-corrected chi connectivity index (χ4v) is 3.65. The van der Waals surface area contributed by atoms with Gasteiger partial charge >= 0.3 is 0 Å². The molecule has 0 saturated heterocycles. The lowest BCUT2D eigenvalue weighted by molar-refractivity contribution is -0.114. The number of halogens is 2. The predicted octanol–water partition coefficient (Wildman–Crippen LogP) is 3.76. The molecule has 24 heavy (non-hydrogen) atoms. The maximum absolute atomic E-state index is 12.5. The van der Waals surface area contributed by atoms with Gasteiger partial charge in [0.15, 0.2) is 0 Å². The summed E-state index contributed by atoms with van der Waals surface area (Å²) in [6, 6.07) is 8.64. The van der Waals surface area contributed by atoms with Crippen LogP contribution in [-0.4, -0.2) is 21.4 Å². The van der Waals surface area contributed by atoms with Crippen molar-refractivity contribution in [3.05, 3.63) is 46.4 Å². The van der Waals surface area contributed by atoms with Crippen molar-refractivity contribution < 1.29 is 17.9 Å². The summed E-state index contributed by atoms with van der Waals surface area (Å²) in [6.45, 7) is 1.35. The number of hydrogen-bond donors (Lipinski definition) is 2. The smallest absolute Gasteiger partial charge is 0.265 e. The van der Waals surface area contributed by atoms with E-state index in [1.807, 2.05) is 0 Å². The van der Waals surface area contributed by atoms with Crippen molar-refractivity contribution in [3.8, 4) is 5.75 Å². The molecule has 0 atom stereocenters. The Kier molecular flexibility index (Phi) is 5.58. The Labute approximate surface area is 149 Å². The van der Waals surface area contributed by atoms with Gasteiger partial charge in [-0.05, 0) is 36.4 Å². The molecule has 1 amide bonds. The topological polar surface area (TPSA) is 84.5 Å². The quantitative estimate of drug-likeness (QED) is 0.816. The number of benzene rings is 2. The second kappa shape index (κ2) is 7.29. The van der Waals surface area contributed by atoms with Crippen LogP contribution in [-0.2, 0) is 14.8 Å². The van der Waals surface area contributed by atoms with Gasteiger partial charge < -0.3 is 10.1 Å². The Hall–Kier alpha value is -1.96.